The van der Waals surface area contributed by atoms with Crippen LogP contribution in [0.3, 0.4) is 0 Å². The van der Waals surface area contributed by atoms with Crippen LogP contribution in [0.2, 0.25) is 5.02 Å². The topological polar surface area (TPSA) is 38.7 Å². The van der Waals surface area contributed by atoms with Gasteiger partial charge in [-0.1, -0.05) is 18.5 Å². The predicted molar refractivity (Wildman–Crippen MR) is 60.1 cm³/mol. The second-order valence-electron chi connectivity index (χ2n) is 3.31. The summed E-state index contributed by atoms with van der Waals surface area (Å²) >= 11 is 6.06. The fourth-order valence-electron chi connectivity index (χ4n) is 1.35. The molecule has 0 spiro atoms. The van der Waals surface area contributed by atoms with E-state index >= 15 is 0 Å². The molecule has 1 unspecified atom stereocenters. The highest BCUT2D eigenvalue weighted by Crippen LogP contribution is 2.36. The van der Waals surface area contributed by atoms with Crippen molar-refractivity contribution in [3.05, 3.63) is 22.7 Å². The van der Waals surface area contributed by atoms with Gasteiger partial charge in [0.25, 0.3) is 0 Å². The first-order valence-electron chi connectivity index (χ1n) is 4.66. The molecular weight excluding hydrogens is 216 g/mol. The third-order valence-corrected chi connectivity index (χ3v) is 2.63. The molecule has 0 aromatic heterocycles. The second kappa shape index (κ2) is 5.24. The Labute approximate surface area is 94.6 Å². The van der Waals surface area contributed by atoms with Gasteiger partial charge >= 0.3 is 0 Å². The predicted octanol–water partition coefficient (Wildman–Crippen LogP) is 2.45. The van der Waals surface area contributed by atoms with E-state index in [2.05, 4.69) is 0 Å². The zero-order valence-corrected chi connectivity index (χ0v) is 9.84. The van der Waals surface area contributed by atoms with E-state index in [1.165, 1.54) is 0 Å². The minimum absolute atomic E-state index is 0.0164. The Morgan fingerprint density at radius 2 is 1.80 bits per heavy atom. The molecule has 1 aromatic rings. The van der Waals surface area contributed by atoms with Crippen LogP contribution in [0.25, 0.3) is 0 Å². The monoisotopic (exact) mass is 230 g/mol. The van der Waals surface area contributed by atoms with Crippen LogP contribution in [0.15, 0.2) is 12.1 Å². The molecule has 0 radical (unpaired) electrons. The Morgan fingerprint density at radius 1 is 1.27 bits per heavy atom. The first kappa shape index (κ1) is 12.1. The molecule has 15 heavy (non-hydrogen) atoms. The Hall–Kier alpha value is -0.930. The van der Waals surface area contributed by atoms with Gasteiger partial charge in [0.2, 0.25) is 0 Å². The van der Waals surface area contributed by atoms with E-state index in [1.54, 1.807) is 26.4 Å². The minimum atomic E-state index is -0.0164. The summed E-state index contributed by atoms with van der Waals surface area (Å²) in [5.41, 5.74) is 0.858. The molecule has 3 nitrogen and oxygen atoms in total. The molecule has 0 saturated carbocycles. The lowest BCUT2D eigenvalue weighted by Crippen LogP contribution is -2.01. The zero-order valence-electron chi connectivity index (χ0n) is 9.08. The van der Waals surface area contributed by atoms with Crippen molar-refractivity contribution in [2.75, 3.05) is 20.8 Å². The lowest BCUT2D eigenvalue weighted by Gasteiger charge is -2.14. The summed E-state index contributed by atoms with van der Waals surface area (Å²) in [5.74, 6) is 1.20. The van der Waals surface area contributed by atoms with E-state index in [0.717, 1.165) is 5.56 Å². The molecule has 84 valence electrons. The van der Waals surface area contributed by atoms with Crippen LogP contribution < -0.4 is 9.47 Å². The smallest absolute Gasteiger partial charge is 0.162 e. The van der Waals surface area contributed by atoms with Crippen LogP contribution in [0.1, 0.15) is 18.4 Å². The van der Waals surface area contributed by atoms with Crippen LogP contribution in [0.5, 0.6) is 11.5 Å². The first-order valence-corrected chi connectivity index (χ1v) is 5.04. The van der Waals surface area contributed by atoms with Crippen molar-refractivity contribution in [1.82, 2.24) is 0 Å². The molecule has 0 aliphatic carbocycles. The van der Waals surface area contributed by atoms with Gasteiger partial charge in [-0.05, 0) is 11.6 Å². The highest BCUT2D eigenvalue weighted by molar-refractivity contribution is 6.31. The average Bonchev–Trinajstić information content (AvgIpc) is 2.27. The Balaban J connectivity index is 3.19. The SMILES string of the molecule is COc1cc(Cl)c(C(C)CO)cc1OC. The molecule has 0 saturated heterocycles. The summed E-state index contributed by atoms with van der Waals surface area (Å²) in [6, 6.07) is 3.49. The number of halogens is 1. The van der Waals surface area contributed by atoms with E-state index in [1.807, 2.05) is 6.92 Å². The quantitative estimate of drug-likeness (QED) is 0.864. The number of aliphatic hydroxyl groups is 1. The summed E-state index contributed by atoms with van der Waals surface area (Å²) in [5, 5.41) is 9.65. The normalized spacial score (nSPS) is 12.3. The van der Waals surface area contributed by atoms with E-state index in [0.29, 0.717) is 16.5 Å². The zero-order chi connectivity index (χ0) is 11.4. The van der Waals surface area contributed by atoms with E-state index in [9.17, 15) is 0 Å². The molecular formula is C11H15ClO3. The lowest BCUT2D eigenvalue weighted by molar-refractivity contribution is 0.272. The molecule has 0 amide bonds. The third kappa shape index (κ3) is 2.55. The van der Waals surface area contributed by atoms with Crippen LogP contribution in [-0.2, 0) is 0 Å². The van der Waals surface area contributed by atoms with Gasteiger partial charge in [0, 0.05) is 23.6 Å². The number of ether oxygens (including phenoxy) is 2. The van der Waals surface area contributed by atoms with E-state index in [4.69, 9.17) is 26.2 Å². The van der Waals surface area contributed by atoms with Crippen molar-refractivity contribution in [3.8, 4) is 11.5 Å². The largest absolute Gasteiger partial charge is 0.493 e. The summed E-state index contributed by atoms with van der Waals surface area (Å²) in [4.78, 5) is 0. The molecule has 0 aliphatic rings. The lowest BCUT2D eigenvalue weighted by atomic mass is 10.0. The van der Waals surface area contributed by atoms with Crippen LogP contribution in [-0.4, -0.2) is 25.9 Å². The van der Waals surface area contributed by atoms with Crippen molar-refractivity contribution in [2.24, 2.45) is 0 Å². The molecule has 1 atom stereocenters. The van der Waals surface area contributed by atoms with Crippen LogP contribution in [0, 0.1) is 0 Å². The fourth-order valence-corrected chi connectivity index (χ4v) is 1.69. The molecule has 1 N–H and O–H groups in total. The Kier molecular flexibility index (Phi) is 4.24. The van der Waals surface area contributed by atoms with E-state index in [-0.39, 0.29) is 12.5 Å². The minimum Gasteiger partial charge on any atom is -0.493 e. The first-order chi connectivity index (χ1) is 7.13. The summed E-state index contributed by atoms with van der Waals surface area (Å²) < 4.78 is 10.3. The summed E-state index contributed by atoms with van der Waals surface area (Å²) in [6.45, 7) is 1.95. The maximum absolute atomic E-state index is 9.07. The number of hydrogen-bond donors (Lipinski definition) is 1. The standard InChI is InChI=1S/C11H15ClO3/c1-7(6-13)8-4-10(14-2)11(15-3)5-9(8)12/h4-5,7,13H,6H2,1-3H3. The maximum atomic E-state index is 9.07. The van der Waals surface area contributed by atoms with Gasteiger partial charge in [-0.3, -0.25) is 0 Å². The van der Waals surface area contributed by atoms with Crippen molar-refractivity contribution >= 4 is 11.6 Å². The molecule has 1 aromatic carbocycles. The van der Waals surface area contributed by atoms with Crippen molar-refractivity contribution < 1.29 is 14.6 Å². The maximum Gasteiger partial charge on any atom is 0.162 e. The van der Waals surface area contributed by atoms with Crippen molar-refractivity contribution in [1.29, 1.82) is 0 Å². The summed E-state index contributed by atoms with van der Waals surface area (Å²) in [7, 11) is 3.13. The highest BCUT2D eigenvalue weighted by atomic mass is 35.5. The Bertz CT molecular complexity index is 339. The molecule has 0 fully saturated rings. The highest BCUT2D eigenvalue weighted by Gasteiger charge is 2.14. The average molecular weight is 231 g/mol. The summed E-state index contributed by atoms with van der Waals surface area (Å²) in [6.07, 6.45) is 0. The van der Waals surface area contributed by atoms with Gasteiger partial charge in [0.15, 0.2) is 11.5 Å². The van der Waals surface area contributed by atoms with Crippen molar-refractivity contribution in [2.45, 2.75) is 12.8 Å². The molecule has 0 heterocycles. The van der Waals surface area contributed by atoms with Gasteiger partial charge in [0.05, 0.1) is 14.2 Å². The van der Waals surface area contributed by atoms with Gasteiger partial charge in [-0.15, -0.1) is 0 Å². The number of aliphatic hydroxyl groups excluding tert-OH is 1. The fraction of sp³-hybridized carbons (Fsp3) is 0.455. The number of hydrogen-bond acceptors (Lipinski definition) is 3. The van der Waals surface area contributed by atoms with Gasteiger partial charge < -0.3 is 14.6 Å². The van der Waals surface area contributed by atoms with Crippen LogP contribution in [0.4, 0.5) is 0 Å². The van der Waals surface area contributed by atoms with Crippen LogP contribution >= 0.6 is 11.6 Å². The Morgan fingerprint density at radius 3 is 2.27 bits per heavy atom. The molecule has 0 aliphatic heterocycles. The van der Waals surface area contributed by atoms with Gasteiger partial charge in [0.1, 0.15) is 0 Å². The molecule has 4 heteroatoms. The van der Waals surface area contributed by atoms with E-state index < -0.39 is 0 Å². The number of benzene rings is 1. The van der Waals surface area contributed by atoms with Gasteiger partial charge in [-0.25, -0.2) is 0 Å². The number of rotatable bonds is 4. The number of methoxy groups -OCH3 is 2. The van der Waals surface area contributed by atoms with Gasteiger partial charge in [-0.2, -0.15) is 0 Å². The van der Waals surface area contributed by atoms with Crippen molar-refractivity contribution in [3.63, 3.8) is 0 Å². The molecule has 0 bridgehead atoms. The third-order valence-electron chi connectivity index (χ3n) is 2.31. The second-order valence-corrected chi connectivity index (χ2v) is 3.72. The molecule has 1 rings (SSSR count).